The number of aliphatic hydroxyl groups is 1. The van der Waals surface area contributed by atoms with E-state index < -0.39 is 0 Å². The summed E-state index contributed by atoms with van der Waals surface area (Å²) in [5.74, 6) is 0.00989. The van der Waals surface area contributed by atoms with E-state index in [0.717, 1.165) is 36.3 Å². The molecular formula is C22H23NO2S. The van der Waals surface area contributed by atoms with Gasteiger partial charge in [0.1, 0.15) is 10.7 Å². The summed E-state index contributed by atoms with van der Waals surface area (Å²) in [4.78, 5) is 16.8. The number of thioether (sulfide) groups is 1. The molecule has 0 aromatic heterocycles. The minimum absolute atomic E-state index is 0.0676. The summed E-state index contributed by atoms with van der Waals surface area (Å²) in [6.07, 6.45) is 6.87. The van der Waals surface area contributed by atoms with Crippen molar-refractivity contribution < 1.29 is 9.90 Å². The van der Waals surface area contributed by atoms with Crippen LogP contribution in [0.1, 0.15) is 44.1 Å². The maximum atomic E-state index is 13.4. The summed E-state index contributed by atoms with van der Waals surface area (Å²) in [5, 5.41) is 10.8. The lowest BCUT2D eigenvalue weighted by Gasteiger charge is -2.36. The molecule has 0 unspecified atom stereocenters. The second kappa shape index (κ2) is 7.58. The Morgan fingerprint density at radius 1 is 0.923 bits per heavy atom. The van der Waals surface area contributed by atoms with Gasteiger partial charge in [0.05, 0.1) is 5.69 Å². The molecule has 2 aromatic carbocycles. The van der Waals surface area contributed by atoms with Crippen molar-refractivity contribution in [1.82, 2.24) is 0 Å². The van der Waals surface area contributed by atoms with E-state index in [4.69, 9.17) is 0 Å². The van der Waals surface area contributed by atoms with Crippen LogP contribution in [-0.2, 0) is 4.79 Å². The van der Waals surface area contributed by atoms with Crippen LogP contribution in [0.3, 0.4) is 0 Å². The summed E-state index contributed by atoms with van der Waals surface area (Å²) >= 11 is 1.38. The van der Waals surface area contributed by atoms with Crippen LogP contribution in [-0.4, -0.2) is 17.1 Å². The van der Waals surface area contributed by atoms with Gasteiger partial charge in [-0.15, -0.1) is 0 Å². The van der Waals surface area contributed by atoms with Crippen molar-refractivity contribution >= 4 is 29.1 Å². The van der Waals surface area contributed by atoms with Crippen molar-refractivity contribution in [3.8, 4) is 0 Å². The van der Waals surface area contributed by atoms with E-state index in [-0.39, 0.29) is 17.7 Å². The number of amides is 1. The molecule has 2 aliphatic rings. The number of nitrogens with zero attached hydrogens (tertiary/aromatic N) is 1. The van der Waals surface area contributed by atoms with Gasteiger partial charge in [-0.05, 0) is 25.0 Å². The van der Waals surface area contributed by atoms with Gasteiger partial charge in [-0.3, -0.25) is 4.79 Å². The zero-order valence-electron chi connectivity index (χ0n) is 14.7. The average molecular weight is 365 g/mol. The topological polar surface area (TPSA) is 40.5 Å². The monoisotopic (exact) mass is 365 g/mol. The van der Waals surface area contributed by atoms with Crippen molar-refractivity contribution in [3.63, 3.8) is 0 Å². The van der Waals surface area contributed by atoms with Crippen LogP contribution in [0.4, 0.5) is 5.69 Å². The lowest BCUT2D eigenvalue weighted by Crippen LogP contribution is -2.43. The minimum Gasteiger partial charge on any atom is -0.506 e. The van der Waals surface area contributed by atoms with E-state index in [0.29, 0.717) is 10.5 Å². The first-order chi connectivity index (χ1) is 12.8. The number of carbonyl (C=O) groups is 1. The Hall–Kier alpha value is -2.20. The highest BCUT2D eigenvalue weighted by Crippen LogP contribution is 2.45. The first-order valence-electron chi connectivity index (χ1n) is 9.35. The van der Waals surface area contributed by atoms with Gasteiger partial charge >= 0.3 is 0 Å². The first-order valence-corrected chi connectivity index (χ1v) is 10.2. The van der Waals surface area contributed by atoms with E-state index in [1.54, 1.807) is 0 Å². The zero-order valence-corrected chi connectivity index (χ0v) is 15.5. The zero-order chi connectivity index (χ0) is 17.9. The molecule has 3 nitrogen and oxygen atoms in total. The van der Waals surface area contributed by atoms with E-state index in [2.05, 4.69) is 0 Å². The molecular weight excluding hydrogens is 342 g/mol. The number of benzene rings is 2. The van der Waals surface area contributed by atoms with Gasteiger partial charge in [-0.1, -0.05) is 79.9 Å². The summed E-state index contributed by atoms with van der Waals surface area (Å²) in [5.41, 5.74) is 1.67. The Morgan fingerprint density at radius 3 is 2.31 bits per heavy atom. The molecule has 0 saturated heterocycles. The molecule has 0 atom stereocenters. The molecule has 134 valence electrons. The van der Waals surface area contributed by atoms with Crippen LogP contribution >= 0.6 is 11.8 Å². The number of anilines is 1. The molecule has 0 spiro atoms. The van der Waals surface area contributed by atoms with Gasteiger partial charge in [0.2, 0.25) is 0 Å². The van der Waals surface area contributed by atoms with E-state index >= 15 is 0 Å². The van der Waals surface area contributed by atoms with Crippen LogP contribution in [0.5, 0.6) is 0 Å². The van der Waals surface area contributed by atoms with E-state index in [1.165, 1.54) is 24.6 Å². The Labute approximate surface area is 158 Å². The molecule has 1 fully saturated rings. The third kappa shape index (κ3) is 3.26. The first kappa shape index (κ1) is 17.2. The average Bonchev–Trinajstić information content (AvgIpc) is 2.97. The summed E-state index contributed by atoms with van der Waals surface area (Å²) in [6, 6.07) is 17.6. The summed E-state index contributed by atoms with van der Waals surface area (Å²) < 4.78 is 0. The number of rotatable bonds is 2. The van der Waals surface area contributed by atoms with Crippen LogP contribution in [0.2, 0.25) is 0 Å². The molecule has 1 N–H and O–H groups in total. The molecule has 1 heterocycles. The molecule has 4 rings (SSSR count). The normalized spacial score (nSPS) is 20.5. The molecule has 0 bridgehead atoms. The third-order valence-electron chi connectivity index (χ3n) is 5.20. The molecule has 4 heteroatoms. The Morgan fingerprint density at radius 2 is 1.58 bits per heavy atom. The van der Waals surface area contributed by atoms with Gasteiger partial charge < -0.3 is 10.0 Å². The van der Waals surface area contributed by atoms with Crippen LogP contribution in [0.25, 0.3) is 5.76 Å². The third-order valence-corrected chi connectivity index (χ3v) is 6.34. The minimum atomic E-state index is -0.0676. The summed E-state index contributed by atoms with van der Waals surface area (Å²) in [6.45, 7) is 0. The van der Waals surface area contributed by atoms with Gasteiger partial charge in [-0.25, -0.2) is 0 Å². The molecule has 0 radical (unpaired) electrons. The number of aliphatic hydroxyl groups excluding tert-OH is 1. The standard InChI is InChI=1S/C22H23NO2S/c24-20(16-10-4-3-5-11-16)21-22(25)23(17-12-6-1-2-7-13-17)18-14-8-9-15-19(18)26-21/h3-5,8-11,14-15,17,24H,1-2,6-7,12-13H2/b21-20+. The predicted octanol–water partition coefficient (Wildman–Crippen LogP) is 5.77. The lowest BCUT2D eigenvalue weighted by atomic mass is 10.0. The van der Waals surface area contributed by atoms with Crippen molar-refractivity contribution in [3.05, 3.63) is 65.1 Å². The maximum Gasteiger partial charge on any atom is 0.269 e. The molecule has 1 aliphatic heterocycles. The summed E-state index contributed by atoms with van der Waals surface area (Å²) in [7, 11) is 0. The number of para-hydroxylation sites is 1. The Bertz CT molecular complexity index is 823. The quantitative estimate of drug-likeness (QED) is 0.417. The SMILES string of the molecule is O=C1/C(=C(\O)c2ccccc2)Sc2ccccc2N1C1CCCCCC1. The highest BCUT2D eigenvalue weighted by Gasteiger charge is 2.36. The second-order valence-electron chi connectivity index (χ2n) is 6.93. The smallest absolute Gasteiger partial charge is 0.269 e. The van der Waals surface area contributed by atoms with E-state index in [1.807, 2.05) is 59.5 Å². The fourth-order valence-corrected chi connectivity index (χ4v) is 4.91. The molecule has 1 aliphatic carbocycles. The van der Waals surface area contributed by atoms with Gasteiger partial charge in [-0.2, -0.15) is 0 Å². The van der Waals surface area contributed by atoms with Crippen LogP contribution in [0.15, 0.2) is 64.4 Å². The largest absolute Gasteiger partial charge is 0.506 e. The Balaban J connectivity index is 1.79. The number of hydrogen-bond acceptors (Lipinski definition) is 3. The maximum absolute atomic E-state index is 13.4. The van der Waals surface area contributed by atoms with Crippen LogP contribution < -0.4 is 4.90 Å². The molecule has 1 saturated carbocycles. The van der Waals surface area contributed by atoms with Crippen molar-refractivity contribution in [2.45, 2.75) is 49.5 Å². The molecule has 26 heavy (non-hydrogen) atoms. The van der Waals surface area contributed by atoms with Crippen LogP contribution in [0, 0.1) is 0 Å². The highest BCUT2D eigenvalue weighted by molar-refractivity contribution is 8.04. The lowest BCUT2D eigenvalue weighted by molar-refractivity contribution is -0.115. The Kier molecular flexibility index (Phi) is 5.02. The molecule has 1 amide bonds. The molecule has 2 aromatic rings. The fourth-order valence-electron chi connectivity index (χ4n) is 3.87. The fraction of sp³-hybridized carbons (Fsp3) is 0.318. The van der Waals surface area contributed by atoms with Crippen molar-refractivity contribution in [2.24, 2.45) is 0 Å². The predicted molar refractivity (Wildman–Crippen MR) is 107 cm³/mol. The van der Waals surface area contributed by atoms with Crippen molar-refractivity contribution in [2.75, 3.05) is 4.90 Å². The van der Waals surface area contributed by atoms with Crippen molar-refractivity contribution in [1.29, 1.82) is 0 Å². The number of hydrogen-bond donors (Lipinski definition) is 1. The van der Waals surface area contributed by atoms with E-state index in [9.17, 15) is 9.90 Å². The number of carbonyl (C=O) groups excluding carboxylic acids is 1. The van der Waals surface area contributed by atoms with Gasteiger partial charge in [0, 0.05) is 16.5 Å². The van der Waals surface area contributed by atoms with Gasteiger partial charge in [0.15, 0.2) is 0 Å². The van der Waals surface area contributed by atoms with Gasteiger partial charge in [0.25, 0.3) is 5.91 Å². The highest BCUT2D eigenvalue weighted by atomic mass is 32.2. The number of fused-ring (bicyclic) bond motifs is 1. The second-order valence-corrected chi connectivity index (χ2v) is 7.99.